The molecule has 0 saturated carbocycles. The zero-order valence-electron chi connectivity index (χ0n) is 14.2. The Morgan fingerprint density at radius 1 is 0.667 bits per heavy atom. The first-order valence-corrected chi connectivity index (χ1v) is 10.4. The molecule has 164 valence electrons. The van der Waals surface area contributed by atoms with E-state index in [-0.39, 0.29) is 12.1 Å². The standard InChI is InChI=1S/C15H10F6N2O5S2/c16-14(17,18)9-3-1-5-11(7-9)29(25,26)22-13(24)23-30(27,28)12-6-2-4-10(8-12)15(19,20)21/h1-8H,(H2,22,23,24). The molecule has 0 heterocycles. The number of urea groups is 1. The summed E-state index contributed by atoms with van der Waals surface area (Å²) >= 11 is 0. The average molecular weight is 476 g/mol. The third-order valence-electron chi connectivity index (χ3n) is 3.40. The monoisotopic (exact) mass is 476 g/mol. The van der Waals surface area contributed by atoms with Crippen LogP contribution in [0.25, 0.3) is 0 Å². The van der Waals surface area contributed by atoms with E-state index in [0.717, 1.165) is 12.1 Å². The topological polar surface area (TPSA) is 109 Å². The summed E-state index contributed by atoms with van der Waals surface area (Å²) in [6, 6.07) is 2.55. The zero-order valence-corrected chi connectivity index (χ0v) is 15.9. The highest BCUT2D eigenvalue weighted by atomic mass is 32.2. The summed E-state index contributed by atoms with van der Waals surface area (Å²) in [5, 5.41) is 0. The van der Waals surface area contributed by atoms with E-state index in [2.05, 4.69) is 0 Å². The Bertz CT molecular complexity index is 1080. The molecule has 0 aliphatic heterocycles. The molecule has 0 radical (unpaired) electrons. The Morgan fingerprint density at radius 2 is 1.00 bits per heavy atom. The summed E-state index contributed by atoms with van der Waals surface area (Å²) in [5.41, 5.74) is -2.69. The zero-order chi connectivity index (χ0) is 23.0. The largest absolute Gasteiger partial charge is 0.416 e. The van der Waals surface area contributed by atoms with Gasteiger partial charge >= 0.3 is 18.4 Å². The van der Waals surface area contributed by atoms with Gasteiger partial charge in [0.05, 0.1) is 20.9 Å². The molecule has 15 heteroatoms. The van der Waals surface area contributed by atoms with Gasteiger partial charge in [-0.15, -0.1) is 0 Å². The van der Waals surface area contributed by atoms with Crippen LogP contribution in [0.5, 0.6) is 0 Å². The van der Waals surface area contributed by atoms with Gasteiger partial charge in [-0.05, 0) is 36.4 Å². The van der Waals surface area contributed by atoms with Gasteiger partial charge in [-0.3, -0.25) is 0 Å². The van der Waals surface area contributed by atoms with Gasteiger partial charge in [-0.1, -0.05) is 12.1 Å². The van der Waals surface area contributed by atoms with Gasteiger partial charge in [0.1, 0.15) is 0 Å². The van der Waals surface area contributed by atoms with Gasteiger partial charge in [-0.25, -0.2) is 31.1 Å². The summed E-state index contributed by atoms with van der Waals surface area (Å²) in [7, 11) is -9.87. The molecule has 2 aromatic carbocycles. The van der Waals surface area contributed by atoms with Crippen molar-refractivity contribution in [2.45, 2.75) is 22.1 Å². The number of amides is 2. The van der Waals surface area contributed by atoms with Crippen LogP contribution in [-0.2, 0) is 32.4 Å². The fraction of sp³-hybridized carbons (Fsp3) is 0.133. The molecule has 0 saturated heterocycles. The number of rotatable bonds is 4. The van der Waals surface area contributed by atoms with Crippen LogP contribution in [0.1, 0.15) is 11.1 Å². The lowest BCUT2D eigenvalue weighted by atomic mass is 10.2. The quantitative estimate of drug-likeness (QED) is 0.660. The summed E-state index contributed by atoms with van der Waals surface area (Å²) in [4.78, 5) is 9.77. The molecule has 0 aliphatic carbocycles. The number of alkyl halides is 6. The normalized spacial score (nSPS) is 13.0. The molecule has 2 aromatic rings. The van der Waals surface area contributed by atoms with Gasteiger partial charge < -0.3 is 0 Å². The van der Waals surface area contributed by atoms with Crippen molar-refractivity contribution in [3.05, 3.63) is 59.7 Å². The fourth-order valence-electron chi connectivity index (χ4n) is 2.06. The van der Waals surface area contributed by atoms with Crippen molar-refractivity contribution in [3.63, 3.8) is 0 Å². The van der Waals surface area contributed by atoms with Crippen LogP contribution in [0.3, 0.4) is 0 Å². The lowest BCUT2D eigenvalue weighted by Crippen LogP contribution is -2.42. The van der Waals surface area contributed by atoms with Crippen molar-refractivity contribution in [1.29, 1.82) is 0 Å². The Labute approximate surface area is 165 Å². The second kappa shape index (κ2) is 7.79. The van der Waals surface area contributed by atoms with Gasteiger partial charge in [0, 0.05) is 0 Å². The van der Waals surface area contributed by atoms with Crippen LogP contribution in [0, 0.1) is 0 Å². The lowest BCUT2D eigenvalue weighted by molar-refractivity contribution is -0.138. The SMILES string of the molecule is O=C(NS(=O)(=O)c1cccc(C(F)(F)F)c1)NS(=O)(=O)c1cccc(C(F)(F)F)c1. The van der Waals surface area contributed by atoms with E-state index >= 15 is 0 Å². The molecule has 2 amide bonds. The molecule has 0 aromatic heterocycles. The highest BCUT2D eigenvalue weighted by Crippen LogP contribution is 2.31. The minimum absolute atomic E-state index is 0.205. The summed E-state index contributed by atoms with van der Waals surface area (Å²) in [5.74, 6) is 0. The van der Waals surface area contributed by atoms with E-state index in [1.807, 2.05) is 0 Å². The fourth-order valence-corrected chi connectivity index (χ4v) is 4.03. The molecule has 2 rings (SSSR count). The molecular weight excluding hydrogens is 466 g/mol. The third-order valence-corrected chi connectivity index (χ3v) is 6.05. The predicted molar refractivity (Wildman–Crippen MR) is 88.9 cm³/mol. The number of carbonyl (C=O) groups excluding carboxylic acids is 1. The molecule has 30 heavy (non-hydrogen) atoms. The van der Waals surface area contributed by atoms with Gasteiger partial charge in [-0.2, -0.15) is 26.3 Å². The van der Waals surface area contributed by atoms with E-state index in [4.69, 9.17) is 0 Å². The number of hydrogen-bond acceptors (Lipinski definition) is 5. The summed E-state index contributed by atoms with van der Waals surface area (Å²) < 4.78 is 127. The van der Waals surface area contributed by atoms with Crippen LogP contribution in [0.4, 0.5) is 31.1 Å². The van der Waals surface area contributed by atoms with E-state index in [0.29, 0.717) is 24.3 Å². The predicted octanol–water partition coefficient (Wildman–Crippen LogP) is 3.10. The highest BCUT2D eigenvalue weighted by molar-refractivity contribution is 7.91. The third kappa shape index (κ3) is 5.63. The van der Waals surface area contributed by atoms with Gasteiger partial charge in [0.15, 0.2) is 0 Å². The maximum atomic E-state index is 12.7. The van der Waals surface area contributed by atoms with Crippen molar-refractivity contribution in [3.8, 4) is 0 Å². The maximum absolute atomic E-state index is 12.7. The van der Waals surface area contributed by atoms with Gasteiger partial charge in [0.2, 0.25) is 0 Å². The highest BCUT2D eigenvalue weighted by Gasteiger charge is 2.33. The van der Waals surface area contributed by atoms with E-state index < -0.39 is 59.3 Å². The first-order chi connectivity index (χ1) is 13.5. The first-order valence-electron chi connectivity index (χ1n) is 7.46. The second-order valence-electron chi connectivity index (χ2n) is 5.59. The minimum Gasteiger partial charge on any atom is -0.247 e. The van der Waals surface area contributed by atoms with Crippen LogP contribution in [-0.4, -0.2) is 22.9 Å². The molecule has 0 atom stereocenters. The first kappa shape index (κ1) is 23.5. The molecule has 2 N–H and O–H groups in total. The minimum atomic E-state index is -4.93. The number of halogens is 6. The van der Waals surface area contributed by atoms with Crippen LogP contribution >= 0.6 is 0 Å². The number of nitrogens with one attached hydrogen (secondary N) is 2. The van der Waals surface area contributed by atoms with Crippen molar-refractivity contribution in [1.82, 2.24) is 9.44 Å². The van der Waals surface area contributed by atoms with Crippen molar-refractivity contribution in [2.24, 2.45) is 0 Å². The van der Waals surface area contributed by atoms with Crippen molar-refractivity contribution < 1.29 is 48.0 Å². The summed E-state index contributed by atoms with van der Waals surface area (Å²) in [6.07, 6.45) is -9.78. The van der Waals surface area contributed by atoms with Crippen LogP contribution in [0.15, 0.2) is 58.3 Å². The molecular formula is C15H10F6N2O5S2. The maximum Gasteiger partial charge on any atom is 0.416 e. The molecule has 0 fully saturated rings. The van der Waals surface area contributed by atoms with E-state index in [1.54, 1.807) is 0 Å². The molecule has 0 bridgehead atoms. The Balaban J connectivity index is 2.24. The van der Waals surface area contributed by atoms with Crippen LogP contribution in [0.2, 0.25) is 0 Å². The second-order valence-corrected chi connectivity index (χ2v) is 8.96. The van der Waals surface area contributed by atoms with Crippen molar-refractivity contribution >= 4 is 26.1 Å². The molecule has 0 aliphatic rings. The lowest BCUT2D eigenvalue weighted by Gasteiger charge is -2.12. The smallest absolute Gasteiger partial charge is 0.247 e. The van der Waals surface area contributed by atoms with Gasteiger partial charge in [0.25, 0.3) is 20.0 Å². The van der Waals surface area contributed by atoms with Crippen molar-refractivity contribution in [2.75, 3.05) is 0 Å². The van der Waals surface area contributed by atoms with Crippen LogP contribution < -0.4 is 9.44 Å². The number of sulfonamides is 2. The summed E-state index contributed by atoms with van der Waals surface area (Å²) in [6.45, 7) is 0. The Kier molecular flexibility index (Phi) is 6.09. The van der Waals surface area contributed by atoms with E-state index in [9.17, 15) is 48.0 Å². The number of hydrogen-bond donors (Lipinski definition) is 2. The number of carbonyl (C=O) groups is 1. The number of benzene rings is 2. The molecule has 0 spiro atoms. The average Bonchev–Trinajstić information content (AvgIpc) is 2.59. The Morgan fingerprint density at radius 3 is 1.30 bits per heavy atom. The van der Waals surface area contributed by atoms with E-state index in [1.165, 1.54) is 9.44 Å². The Hall–Kier alpha value is -2.81. The molecule has 0 unspecified atom stereocenters. The molecule has 7 nitrogen and oxygen atoms in total.